The van der Waals surface area contributed by atoms with Crippen molar-refractivity contribution in [2.24, 2.45) is 11.3 Å². The molecule has 2 aliphatic carbocycles. The number of carbonyl (C=O) groups excluding carboxylic acids is 2. The van der Waals surface area contributed by atoms with E-state index in [-0.39, 0.29) is 29.4 Å². The van der Waals surface area contributed by atoms with E-state index in [1.807, 2.05) is 18.2 Å². The molecule has 1 aromatic rings. The van der Waals surface area contributed by atoms with Crippen molar-refractivity contribution < 1.29 is 14.7 Å². The molecular weight excluding hydrogens is 450 g/mol. The van der Waals surface area contributed by atoms with Crippen molar-refractivity contribution in [3.05, 3.63) is 23.2 Å². The summed E-state index contributed by atoms with van der Waals surface area (Å²) in [6.07, 6.45) is 11.5. The van der Waals surface area contributed by atoms with Crippen LogP contribution in [0.15, 0.2) is 18.2 Å². The summed E-state index contributed by atoms with van der Waals surface area (Å²) in [6.45, 7) is 2.41. The van der Waals surface area contributed by atoms with Crippen molar-refractivity contribution in [1.82, 2.24) is 4.90 Å². The fourth-order valence-electron chi connectivity index (χ4n) is 6.73. The van der Waals surface area contributed by atoms with E-state index >= 15 is 0 Å². The number of amides is 2. The number of rotatable bonds is 4. The molecule has 2 amide bonds. The van der Waals surface area contributed by atoms with Crippen molar-refractivity contribution >= 4 is 34.8 Å². The van der Waals surface area contributed by atoms with Crippen LogP contribution >= 0.6 is 11.6 Å². The zero-order valence-electron chi connectivity index (χ0n) is 20.1. The van der Waals surface area contributed by atoms with Crippen molar-refractivity contribution in [2.45, 2.75) is 89.2 Å². The van der Waals surface area contributed by atoms with E-state index in [0.29, 0.717) is 17.5 Å². The van der Waals surface area contributed by atoms with Gasteiger partial charge < -0.3 is 20.2 Å². The van der Waals surface area contributed by atoms with E-state index < -0.39 is 0 Å². The third kappa shape index (κ3) is 4.81. The molecule has 2 saturated heterocycles. The Bertz CT molecular complexity index is 910. The average molecular weight is 488 g/mol. The molecule has 34 heavy (non-hydrogen) atoms. The highest BCUT2D eigenvalue weighted by Gasteiger charge is 2.50. The van der Waals surface area contributed by atoms with E-state index in [1.165, 1.54) is 6.42 Å². The van der Waals surface area contributed by atoms with Crippen LogP contribution in [-0.2, 0) is 9.59 Å². The predicted octanol–water partition coefficient (Wildman–Crippen LogP) is 4.98. The van der Waals surface area contributed by atoms with Gasteiger partial charge in [-0.2, -0.15) is 0 Å². The molecule has 0 bridgehead atoms. The van der Waals surface area contributed by atoms with Gasteiger partial charge in [-0.05, 0) is 76.0 Å². The molecule has 2 saturated carbocycles. The lowest BCUT2D eigenvalue weighted by molar-refractivity contribution is -0.139. The molecule has 2 heterocycles. The van der Waals surface area contributed by atoms with E-state index in [9.17, 15) is 14.7 Å². The lowest BCUT2D eigenvalue weighted by atomic mass is 9.78. The zero-order chi connectivity index (χ0) is 23.7. The topological polar surface area (TPSA) is 72.9 Å². The Morgan fingerprint density at radius 2 is 1.76 bits per heavy atom. The summed E-state index contributed by atoms with van der Waals surface area (Å²) in [6, 6.07) is 6.08. The highest BCUT2D eigenvalue weighted by molar-refractivity contribution is 6.33. The molecule has 1 atom stereocenters. The summed E-state index contributed by atoms with van der Waals surface area (Å²) in [5.74, 6) is 0.510. The van der Waals surface area contributed by atoms with E-state index in [0.717, 1.165) is 95.1 Å². The number of likely N-dealkylation sites (tertiary alicyclic amines) is 1. The van der Waals surface area contributed by atoms with Gasteiger partial charge in [0.25, 0.3) is 0 Å². The van der Waals surface area contributed by atoms with Gasteiger partial charge in [0.2, 0.25) is 11.8 Å². The number of anilines is 2. The number of aliphatic hydroxyl groups excluding tert-OH is 1. The summed E-state index contributed by atoms with van der Waals surface area (Å²) in [5.41, 5.74) is 1.37. The van der Waals surface area contributed by atoms with Gasteiger partial charge in [-0.25, -0.2) is 0 Å². The molecular formula is C27H38ClN3O3. The first kappa shape index (κ1) is 23.9. The normalized spacial score (nSPS) is 30.7. The molecule has 2 aliphatic heterocycles. The van der Waals surface area contributed by atoms with Crippen molar-refractivity contribution in [2.75, 3.05) is 29.9 Å². The number of hydrogen-bond donors (Lipinski definition) is 2. The molecule has 7 heteroatoms. The van der Waals surface area contributed by atoms with E-state index in [1.54, 1.807) is 0 Å². The quantitative estimate of drug-likeness (QED) is 0.628. The highest BCUT2D eigenvalue weighted by Crippen LogP contribution is 2.44. The van der Waals surface area contributed by atoms with Crippen molar-refractivity contribution in [1.29, 1.82) is 0 Å². The molecule has 1 spiro atoms. The number of aliphatic hydroxyl groups is 1. The molecule has 0 aromatic heterocycles. The van der Waals surface area contributed by atoms with Crippen LogP contribution in [0.3, 0.4) is 0 Å². The number of carbonyl (C=O) groups is 2. The predicted molar refractivity (Wildman–Crippen MR) is 135 cm³/mol. The van der Waals surface area contributed by atoms with Crippen LogP contribution in [0.4, 0.5) is 11.4 Å². The van der Waals surface area contributed by atoms with Gasteiger partial charge in [-0.15, -0.1) is 0 Å². The maximum absolute atomic E-state index is 13.6. The molecule has 6 nitrogen and oxygen atoms in total. The summed E-state index contributed by atoms with van der Waals surface area (Å²) in [4.78, 5) is 30.6. The molecule has 5 rings (SSSR count). The minimum atomic E-state index is -0.328. The molecule has 0 radical (unpaired) electrons. The number of hydrogen-bond acceptors (Lipinski definition) is 4. The smallest absolute Gasteiger partial charge is 0.230 e. The second kappa shape index (κ2) is 10.1. The number of piperidine rings is 1. The fourth-order valence-corrected chi connectivity index (χ4v) is 7.03. The SMILES string of the molecule is O=C(Nc1ccc(N2CCC[C@@]3(CCN([C@H]4CC[C@H](O)CC4)C3=O)C2)c(Cl)c1)C1CCCCC1. The van der Waals surface area contributed by atoms with Crippen molar-refractivity contribution in [3.63, 3.8) is 0 Å². The van der Waals surface area contributed by atoms with Gasteiger partial charge in [-0.3, -0.25) is 9.59 Å². The number of benzene rings is 1. The lowest BCUT2D eigenvalue weighted by Gasteiger charge is -2.41. The first-order valence-electron chi connectivity index (χ1n) is 13.3. The molecule has 186 valence electrons. The fraction of sp³-hybridized carbons (Fsp3) is 0.704. The van der Waals surface area contributed by atoms with Crippen LogP contribution in [0.1, 0.15) is 77.0 Å². The summed E-state index contributed by atoms with van der Waals surface area (Å²) < 4.78 is 0. The van der Waals surface area contributed by atoms with Crippen LogP contribution in [0.5, 0.6) is 0 Å². The molecule has 0 unspecified atom stereocenters. The van der Waals surface area contributed by atoms with E-state index in [2.05, 4.69) is 15.1 Å². The molecule has 4 fully saturated rings. The lowest BCUT2D eigenvalue weighted by Crippen LogP contribution is -2.50. The average Bonchev–Trinajstić information content (AvgIpc) is 3.15. The number of halogens is 1. The maximum atomic E-state index is 13.6. The summed E-state index contributed by atoms with van der Waals surface area (Å²) in [5, 5.41) is 13.5. The second-order valence-corrected chi connectivity index (χ2v) is 11.4. The first-order valence-corrected chi connectivity index (χ1v) is 13.7. The Kier molecular flexibility index (Phi) is 7.08. The standard InChI is InChI=1S/C27H38ClN3O3/c28-23-17-20(29-25(33)19-5-2-1-3-6-19)7-12-24(23)30-15-4-13-27(18-30)14-16-31(26(27)34)21-8-10-22(32)11-9-21/h7,12,17,19,21-22,32H,1-6,8-11,13-16,18H2,(H,29,33)/t21-,22-,27-/m1/s1. The Labute approximate surface area is 208 Å². The third-order valence-electron chi connectivity index (χ3n) is 8.76. The highest BCUT2D eigenvalue weighted by atomic mass is 35.5. The van der Waals surface area contributed by atoms with Crippen LogP contribution in [0.2, 0.25) is 5.02 Å². The molecule has 1 aromatic carbocycles. The van der Waals surface area contributed by atoms with Gasteiger partial charge in [0.15, 0.2) is 0 Å². The largest absolute Gasteiger partial charge is 0.393 e. The summed E-state index contributed by atoms with van der Waals surface area (Å²) in [7, 11) is 0. The van der Waals surface area contributed by atoms with Gasteiger partial charge in [-0.1, -0.05) is 30.9 Å². The Hall–Kier alpha value is -1.79. The summed E-state index contributed by atoms with van der Waals surface area (Å²) >= 11 is 6.72. The number of nitrogens with one attached hydrogen (secondary N) is 1. The minimum Gasteiger partial charge on any atom is -0.393 e. The Morgan fingerprint density at radius 3 is 2.50 bits per heavy atom. The van der Waals surface area contributed by atoms with Crippen molar-refractivity contribution in [3.8, 4) is 0 Å². The maximum Gasteiger partial charge on any atom is 0.230 e. The first-order chi connectivity index (χ1) is 16.4. The van der Waals surface area contributed by atoms with Gasteiger partial charge in [0.1, 0.15) is 0 Å². The number of nitrogens with zero attached hydrogens (tertiary/aromatic N) is 2. The van der Waals surface area contributed by atoms with Gasteiger partial charge in [0, 0.05) is 37.3 Å². The molecule has 4 aliphatic rings. The monoisotopic (exact) mass is 487 g/mol. The zero-order valence-corrected chi connectivity index (χ0v) is 20.9. The van der Waals surface area contributed by atoms with Crippen LogP contribution in [0, 0.1) is 11.3 Å². The Balaban J connectivity index is 1.24. The molecule has 2 N–H and O–H groups in total. The van der Waals surface area contributed by atoms with E-state index in [4.69, 9.17) is 11.6 Å². The Morgan fingerprint density at radius 1 is 1.00 bits per heavy atom. The van der Waals surface area contributed by atoms with Crippen LogP contribution in [0.25, 0.3) is 0 Å². The van der Waals surface area contributed by atoms with Crippen LogP contribution in [-0.4, -0.2) is 53.6 Å². The van der Waals surface area contributed by atoms with Crippen LogP contribution < -0.4 is 10.2 Å². The van der Waals surface area contributed by atoms with Gasteiger partial charge >= 0.3 is 0 Å². The second-order valence-electron chi connectivity index (χ2n) is 11.0. The minimum absolute atomic E-state index is 0.104. The third-order valence-corrected chi connectivity index (χ3v) is 9.06. The van der Waals surface area contributed by atoms with Gasteiger partial charge in [0.05, 0.1) is 22.2 Å².